The molecule has 5 aromatic rings. The van der Waals surface area contributed by atoms with Crippen LogP contribution in [0.5, 0.6) is 0 Å². The fraction of sp³-hybridized carbons (Fsp3) is 0.250. The summed E-state index contributed by atoms with van der Waals surface area (Å²) in [6, 6.07) is 26.7. The minimum absolute atomic E-state index is 0.270. The van der Waals surface area contributed by atoms with E-state index in [1.165, 1.54) is 5.56 Å². The number of aromatic nitrogens is 4. The number of hydrogen-bond acceptors (Lipinski definition) is 7. The molecule has 0 bridgehead atoms. The second-order valence-corrected chi connectivity index (χ2v) is 11.0. The highest BCUT2D eigenvalue weighted by Crippen LogP contribution is 2.40. The maximum atomic E-state index is 9.30. The lowest BCUT2D eigenvalue weighted by Gasteiger charge is -2.23. The molecule has 8 heteroatoms. The number of anilines is 1. The highest BCUT2D eigenvalue weighted by Gasteiger charge is 2.43. The van der Waals surface area contributed by atoms with Gasteiger partial charge >= 0.3 is 0 Å². The van der Waals surface area contributed by atoms with E-state index >= 15 is 0 Å². The van der Waals surface area contributed by atoms with E-state index in [4.69, 9.17) is 15.7 Å². The summed E-state index contributed by atoms with van der Waals surface area (Å²) in [7, 11) is 0. The van der Waals surface area contributed by atoms with E-state index in [0.717, 1.165) is 85.1 Å². The first-order valence-corrected chi connectivity index (χ1v) is 13.7. The Hall–Kier alpha value is -4.74. The molecule has 1 spiro atoms. The summed E-state index contributed by atoms with van der Waals surface area (Å²) < 4.78 is 2.08. The summed E-state index contributed by atoms with van der Waals surface area (Å²) in [5, 5.41) is 9.30. The van der Waals surface area contributed by atoms with Crippen molar-refractivity contribution >= 4 is 17.0 Å². The zero-order chi connectivity index (χ0) is 27.1. The average Bonchev–Trinajstić information content (AvgIpc) is 3.70. The van der Waals surface area contributed by atoms with Crippen LogP contribution in [0.4, 0.5) is 5.82 Å². The Morgan fingerprint density at radius 1 is 0.875 bits per heavy atom. The number of imidazole rings is 1. The fourth-order valence-corrected chi connectivity index (χ4v) is 6.28. The van der Waals surface area contributed by atoms with Crippen LogP contribution in [0.25, 0.3) is 39.5 Å². The van der Waals surface area contributed by atoms with E-state index in [1.54, 1.807) is 6.20 Å². The van der Waals surface area contributed by atoms with Crippen LogP contribution in [0.3, 0.4) is 0 Å². The molecule has 5 heterocycles. The first kappa shape index (κ1) is 24.3. The molecule has 2 aliphatic rings. The van der Waals surface area contributed by atoms with Gasteiger partial charge in [-0.15, -0.1) is 0 Å². The summed E-state index contributed by atoms with van der Waals surface area (Å²) in [4.78, 5) is 18.8. The zero-order valence-corrected chi connectivity index (χ0v) is 22.2. The third-order valence-electron chi connectivity index (χ3n) is 8.35. The number of rotatable bonds is 5. The van der Waals surface area contributed by atoms with Gasteiger partial charge in [-0.1, -0.05) is 42.5 Å². The van der Waals surface area contributed by atoms with Crippen LogP contribution in [0.15, 0.2) is 85.1 Å². The molecular weight excluding hydrogens is 496 g/mol. The number of nitrogens with zero attached hydrogens (tertiary/aromatic N) is 7. The number of nitrogens with two attached hydrogens (primary N) is 1. The van der Waals surface area contributed by atoms with E-state index in [1.807, 2.05) is 47.4 Å². The van der Waals surface area contributed by atoms with Gasteiger partial charge in [-0.25, -0.2) is 15.0 Å². The second-order valence-electron chi connectivity index (χ2n) is 11.0. The number of benzene rings is 2. The van der Waals surface area contributed by atoms with Crippen LogP contribution in [0, 0.1) is 16.9 Å². The Balaban J connectivity index is 1.23. The number of nitriles is 1. The Bertz CT molecular complexity index is 1720. The molecule has 1 unspecified atom stereocenters. The highest BCUT2D eigenvalue weighted by molar-refractivity contribution is 5.84. The highest BCUT2D eigenvalue weighted by atomic mass is 15.2. The second kappa shape index (κ2) is 9.78. The van der Waals surface area contributed by atoms with Crippen molar-refractivity contribution in [2.45, 2.75) is 19.4 Å². The smallest absolute Gasteiger partial charge is 0.179 e. The monoisotopic (exact) mass is 526 g/mol. The predicted octanol–water partition coefficient (Wildman–Crippen LogP) is 5.11. The Morgan fingerprint density at radius 2 is 1.70 bits per heavy atom. The van der Waals surface area contributed by atoms with Gasteiger partial charge in [0.1, 0.15) is 11.3 Å². The molecule has 0 amide bonds. The SMILES string of the molecule is N#CN1CCC2(CCN(Cc3ccc(-n4c(-c5cccnc5N)nc5ccc(-c6ccccc6)nc54)cc3)C2)C1. The molecule has 7 rings (SSSR count). The van der Waals surface area contributed by atoms with Crippen molar-refractivity contribution in [3.05, 3.63) is 90.6 Å². The number of nitrogen functional groups attached to an aromatic ring is 1. The fourth-order valence-electron chi connectivity index (χ4n) is 6.28. The van der Waals surface area contributed by atoms with Gasteiger partial charge < -0.3 is 10.6 Å². The largest absolute Gasteiger partial charge is 0.383 e. The number of hydrogen-bond donors (Lipinski definition) is 1. The summed E-state index contributed by atoms with van der Waals surface area (Å²) in [5.41, 5.74) is 13.1. The van der Waals surface area contributed by atoms with Gasteiger partial charge in [-0.05, 0) is 61.3 Å². The normalized spacial score (nSPS) is 19.0. The summed E-state index contributed by atoms with van der Waals surface area (Å²) >= 11 is 0. The lowest BCUT2D eigenvalue weighted by Crippen LogP contribution is -2.29. The van der Waals surface area contributed by atoms with Gasteiger partial charge in [0.2, 0.25) is 0 Å². The van der Waals surface area contributed by atoms with Gasteiger partial charge in [-0.2, -0.15) is 5.26 Å². The topological polar surface area (TPSA) is 99.9 Å². The van der Waals surface area contributed by atoms with E-state index in [9.17, 15) is 5.26 Å². The molecule has 0 radical (unpaired) electrons. The third-order valence-corrected chi connectivity index (χ3v) is 8.35. The maximum Gasteiger partial charge on any atom is 0.179 e. The van der Waals surface area contributed by atoms with E-state index < -0.39 is 0 Å². The standard InChI is InChI=1S/C32H30N8/c33-22-39-18-15-32(21-39)14-17-38(20-32)19-23-8-10-25(11-9-23)40-30(26-7-4-16-35-29(26)34)37-28-13-12-27(36-31(28)40)24-5-2-1-3-6-24/h1-13,16H,14-15,17-21H2,(H2,34,35). The van der Waals surface area contributed by atoms with E-state index in [-0.39, 0.29) is 5.41 Å². The molecule has 40 heavy (non-hydrogen) atoms. The van der Waals surface area contributed by atoms with Gasteiger partial charge in [-0.3, -0.25) is 9.47 Å². The lowest BCUT2D eigenvalue weighted by atomic mass is 9.86. The molecule has 2 N–H and O–H groups in total. The first-order valence-electron chi connectivity index (χ1n) is 13.7. The maximum absolute atomic E-state index is 9.30. The van der Waals surface area contributed by atoms with Gasteiger partial charge in [0.15, 0.2) is 17.7 Å². The van der Waals surface area contributed by atoms with Crippen LogP contribution in [0.2, 0.25) is 0 Å². The van der Waals surface area contributed by atoms with Crippen molar-refractivity contribution in [1.29, 1.82) is 5.26 Å². The third kappa shape index (κ3) is 4.34. The van der Waals surface area contributed by atoms with Crippen LogP contribution in [-0.2, 0) is 6.54 Å². The minimum atomic E-state index is 0.270. The molecule has 1 atom stereocenters. The predicted molar refractivity (Wildman–Crippen MR) is 156 cm³/mol. The number of pyridine rings is 2. The van der Waals surface area contributed by atoms with E-state index in [2.05, 4.69) is 57.0 Å². The Morgan fingerprint density at radius 3 is 2.48 bits per heavy atom. The van der Waals surface area contributed by atoms with Crippen molar-refractivity contribution < 1.29 is 0 Å². The molecule has 3 aromatic heterocycles. The first-order chi connectivity index (χ1) is 19.6. The Kier molecular flexibility index (Phi) is 5.94. The summed E-state index contributed by atoms with van der Waals surface area (Å²) in [6.07, 6.45) is 6.30. The number of likely N-dealkylation sites (tertiary alicyclic amines) is 2. The minimum Gasteiger partial charge on any atom is -0.383 e. The number of fused-ring (bicyclic) bond motifs is 1. The van der Waals surface area contributed by atoms with Gasteiger partial charge in [0.25, 0.3) is 0 Å². The average molecular weight is 527 g/mol. The van der Waals surface area contributed by atoms with Crippen LogP contribution < -0.4 is 5.73 Å². The van der Waals surface area contributed by atoms with Crippen LogP contribution in [0.1, 0.15) is 18.4 Å². The van der Waals surface area contributed by atoms with Gasteiger partial charge in [0.05, 0.1) is 11.3 Å². The van der Waals surface area contributed by atoms with Crippen LogP contribution >= 0.6 is 0 Å². The molecule has 2 saturated heterocycles. The van der Waals surface area contributed by atoms with Crippen molar-refractivity contribution in [1.82, 2.24) is 29.3 Å². The molecule has 8 nitrogen and oxygen atoms in total. The summed E-state index contributed by atoms with van der Waals surface area (Å²) in [6.45, 7) is 4.81. The van der Waals surface area contributed by atoms with E-state index in [0.29, 0.717) is 5.82 Å². The lowest BCUT2D eigenvalue weighted by molar-refractivity contribution is 0.257. The van der Waals surface area contributed by atoms with Crippen molar-refractivity contribution in [3.8, 4) is 34.5 Å². The molecular formula is C32H30N8. The van der Waals surface area contributed by atoms with Crippen molar-refractivity contribution in [2.75, 3.05) is 31.9 Å². The molecule has 2 fully saturated rings. The van der Waals surface area contributed by atoms with Crippen molar-refractivity contribution in [3.63, 3.8) is 0 Å². The molecule has 198 valence electrons. The molecule has 2 aliphatic heterocycles. The van der Waals surface area contributed by atoms with Crippen LogP contribution in [-0.4, -0.2) is 55.5 Å². The molecule has 2 aromatic carbocycles. The van der Waals surface area contributed by atoms with Gasteiger partial charge in [0, 0.05) is 49.0 Å². The Labute approximate surface area is 233 Å². The quantitative estimate of drug-likeness (QED) is 0.318. The molecule has 0 saturated carbocycles. The summed E-state index contributed by atoms with van der Waals surface area (Å²) in [5.74, 6) is 1.15. The van der Waals surface area contributed by atoms with Crippen molar-refractivity contribution in [2.24, 2.45) is 5.41 Å². The zero-order valence-electron chi connectivity index (χ0n) is 22.2. The molecule has 0 aliphatic carbocycles.